The molecule has 2 heterocycles. The van der Waals surface area contributed by atoms with Crippen molar-refractivity contribution >= 4 is 28.5 Å². The van der Waals surface area contributed by atoms with Crippen LogP contribution in [0.4, 0.5) is 5.82 Å². The molecule has 0 saturated heterocycles. The van der Waals surface area contributed by atoms with Crippen LogP contribution in [0.2, 0.25) is 5.02 Å². The Hall–Kier alpha value is -2.11. The molecule has 0 aliphatic carbocycles. The zero-order valence-electron chi connectivity index (χ0n) is 11.5. The van der Waals surface area contributed by atoms with E-state index in [1.807, 2.05) is 41.9 Å². The maximum atomic E-state index is 8.88. The van der Waals surface area contributed by atoms with Gasteiger partial charge in [-0.05, 0) is 18.2 Å². The van der Waals surface area contributed by atoms with Gasteiger partial charge in [-0.25, -0.2) is 9.97 Å². The molecule has 0 unspecified atom stereocenters. The van der Waals surface area contributed by atoms with E-state index >= 15 is 0 Å². The molecule has 5 nitrogen and oxygen atoms in total. The third-order valence-corrected chi connectivity index (χ3v) is 3.60. The van der Waals surface area contributed by atoms with Gasteiger partial charge in [0.2, 0.25) is 0 Å². The number of hydrogen-bond donors (Lipinski definition) is 2. The quantitative estimate of drug-likeness (QED) is 0.778. The molecule has 6 heteroatoms. The molecular weight excluding hydrogens is 288 g/mol. The van der Waals surface area contributed by atoms with Gasteiger partial charge in [-0.2, -0.15) is 0 Å². The molecule has 21 heavy (non-hydrogen) atoms. The lowest BCUT2D eigenvalue weighted by molar-refractivity contribution is 0.311. The van der Waals surface area contributed by atoms with E-state index in [-0.39, 0.29) is 6.61 Å². The topological polar surface area (TPSA) is 63.0 Å². The van der Waals surface area contributed by atoms with Crippen LogP contribution in [0.3, 0.4) is 0 Å². The van der Waals surface area contributed by atoms with Crippen LogP contribution in [0.25, 0.3) is 22.4 Å². The first-order chi connectivity index (χ1) is 10.2. The highest BCUT2D eigenvalue weighted by molar-refractivity contribution is 6.33. The number of nitrogens with one attached hydrogen (secondary N) is 1. The van der Waals surface area contributed by atoms with Crippen molar-refractivity contribution in [1.82, 2.24) is 14.5 Å². The summed E-state index contributed by atoms with van der Waals surface area (Å²) in [6.07, 6.45) is 1.59. The predicted molar refractivity (Wildman–Crippen MR) is 84.5 cm³/mol. The number of aromatic nitrogens is 3. The molecule has 2 N–H and O–H groups in total. The summed E-state index contributed by atoms with van der Waals surface area (Å²) < 4.78 is 2.01. The molecule has 3 rings (SSSR count). The number of anilines is 1. The number of benzene rings is 1. The number of para-hydroxylation sites is 2. The standard InChI is InChI=1S/C15H15ClN4O/c1-20-13-5-3-2-4-12(13)19-15(20)10-8-14(17-6-7-21)18-9-11(10)16/h2-5,8-9,21H,6-7H2,1H3,(H,17,18). The molecule has 0 atom stereocenters. The Morgan fingerprint density at radius 1 is 1.33 bits per heavy atom. The fourth-order valence-corrected chi connectivity index (χ4v) is 2.46. The number of aryl methyl sites for hydroxylation is 1. The average Bonchev–Trinajstić information content (AvgIpc) is 2.84. The number of halogens is 1. The number of hydrogen-bond acceptors (Lipinski definition) is 4. The van der Waals surface area contributed by atoms with Crippen LogP contribution in [-0.4, -0.2) is 32.8 Å². The SMILES string of the molecule is Cn1c(-c2cc(NCCO)ncc2Cl)nc2ccccc21. The number of aliphatic hydroxyl groups is 1. The summed E-state index contributed by atoms with van der Waals surface area (Å²) in [6.45, 7) is 0.489. The second-order valence-electron chi connectivity index (χ2n) is 4.68. The number of pyridine rings is 1. The molecule has 3 aromatic rings. The normalized spacial score (nSPS) is 11.0. The minimum atomic E-state index is 0.0475. The van der Waals surface area contributed by atoms with Crippen molar-refractivity contribution in [3.05, 3.63) is 41.6 Å². The Balaban J connectivity index is 2.11. The first-order valence-electron chi connectivity index (χ1n) is 6.63. The summed E-state index contributed by atoms with van der Waals surface area (Å²) in [5.74, 6) is 1.45. The van der Waals surface area contributed by atoms with Crippen molar-refractivity contribution in [2.45, 2.75) is 0 Å². The van der Waals surface area contributed by atoms with E-state index < -0.39 is 0 Å². The fraction of sp³-hybridized carbons (Fsp3) is 0.200. The Morgan fingerprint density at radius 2 is 2.14 bits per heavy atom. The minimum Gasteiger partial charge on any atom is -0.395 e. The predicted octanol–water partition coefficient (Wildman–Crippen LogP) is 2.69. The number of aliphatic hydroxyl groups excluding tert-OH is 1. The molecule has 1 aromatic carbocycles. The maximum Gasteiger partial charge on any atom is 0.142 e. The van der Waals surface area contributed by atoms with Crippen molar-refractivity contribution in [3.8, 4) is 11.4 Å². The largest absolute Gasteiger partial charge is 0.395 e. The van der Waals surface area contributed by atoms with Gasteiger partial charge < -0.3 is 15.0 Å². The molecule has 0 aliphatic heterocycles. The number of nitrogens with zero attached hydrogens (tertiary/aromatic N) is 3. The van der Waals surface area contributed by atoms with Crippen LogP contribution >= 0.6 is 11.6 Å². The van der Waals surface area contributed by atoms with E-state index in [1.54, 1.807) is 6.20 Å². The summed E-state index contributed by atoms with van der Waals surface area (Å²) in [5, 5.41) is 12.4. The summed E-state index contributed by atoms with van der Waals surface area (Å²) in [7, 11) is 1.96. The molecule has 2 aromatic heterocycles. The second-order valence-corrected chi connectivity index (χ2v) is 5.09. The highest BCUT2D eigenvalue weighted by Crippen LogP contribution is 2.30. The first-order valence-corrected chi connectivity index (χ1v) is 7.00. The van der Waals surface area contributed by atoms with Crippen molar-refractivity contribution < 1.29 is 5.11 Å². The van der Waals surface area contributed by atoms with Crippen LogP contribution in [0.1, 0.15) is 0 Å². The lowest BCUT2D eigenvalue weighted by Gasteiger charge is -2.08. The van der Waals surface area contributed by atoms with Gasteiger partial charge in [-0.1, -0.05) is 23.7 Å². The van der Waals surface area contributed by atoms with E-state index in [0.717, 1.165) is 22.4 Å². The highest BCUT2D eigenvalue weighted by atomic mass is 35.5. The molecule has 0 fully saturated rings. The lowest BCUT2D eigenvalue weighted by Crippen LogP contribution is -2.07. The summed E-state index contributed by atoms with van der Waals surface area (Å²) in [6, 6.07) is 9.78. The van der Waals surface area contributed by atoms with Crippen LogP contribution in [0, 0.1) is 0 Å². The third-order valence-electron chi connectivity index (χ3n) is 3.30. The van der Waals surface area contributed by atoms with E-state index in [1.165, 1.54) is 0 Å². The Labute approximate surface area is 127 Å². The van der Waals surface area contributed by atoms with E-state index in [2.05, 4.69) is 15.3 Å². The van der Waals surface area contributed by atoms with Gasteiger partial charge in [0.05, 0.1) is 22.7 Å². The van der Waals surface area contributed by atoms with E-state index in [9.17, 15) is 0 Å². The van der Waals surface area contributed by atoms with Gasteiger partial charge in [0.1, 0.15) is 11.6 Å². The molecule has 108 valence electrons. The van der Waals surface area contributed by atoms with E-state index in [0.29, 0.717) is 17.4 Å². The summed E-state index contributed by atoms with van der Waals surface area (Å²) in [5.41, 5.74) is 2.78. The number of rotatable bonds is 4. The second kappa shape index (κ2) is 5.71. The van der Waals surface area contributed by atoms with Gasteiger partial charge in [0.15, 0.2) is 0 Å². The van der Waals surface area contributed by atoms with Crippen LogP contribution in [0.5, 0.6) is 0 Å². The van der Waals surface area contributed by atoms with Crippen molar-refractivity contribution in [3.63, 3.8) is 0 Å². The first kappa shape index (κ1) is 13.9. The lowest BCUT2D eigenvalue weighted by atomic mass is 10.2. The molecule has 0 spiro atoms. The Bertz CT molecular complexity index is 784. The van der Waals surface area contributed by atoms with Gasteiger partial charge in [0.25, 0.3) is 0 Å². The molecule has 0 aliphatic rings. The number of imidazole rings is 1. The Kier molecular flexibility index (Phi) is 3.77. The molecule has 0 amide bonds. The molecule has 0 saturated carbocycles. The fourth-order valence-electron chi connectivity index (χ4n) is 2.28. The van der Waals surface area contributed by atoms with Crippen LogP contribution < -0.4 is 5.32 Å². The maximum absolute atomic E-state index is 8.88. The van der Waals surface area contributed by atoms with Crippen molar-refractivity contribution in [1.29, 1.82) is 0 Å². The van der Waals surface area contributed by atoms with Crippen molar-refractivity contribution in [2.75, 3.05) is 18.5 Å². The van der Waals surface area contributed by atoms with Gasteiger partial charge in [0, 0.05) is 25.4 Å². The molecule has 0 radical (unpaired) electrons. The molecule has 0 bridgehead atoms. The van der Waals surface area contributed by atoms with Gasteiger partial charge >= 0.3 is 0 Å². The zero-order valence-corrected chi connectivity index (χ0v) is 12.3. The third kappa shape index (κ3) is 2.57. The monoisotopic (exact) mass is 302 g/mol. The average molecular weight is 303 g/mol. The van der Waals surface area contributed by atoms with Crippen LogP contribution in [-0.2, 0) is 7.05 Å². The number of fused-ring (bicyclic) bond motifs is 1. The minimum absolute atomic E-state index is 0.0475. The van der Waals surface area contributed by atoms with Crippen molar-refractivity contribution in [2.24, 2.45) is 7.05 Å². The van der Waals surface area contributed by atoms with Crippen LogP contribution in [0.15, 0.2) is 36.5 Å². The Morgan fingerprint density at radius 3 is 2.90 bits per heavy atom. The van der Waals surface area contributed by atoms with Gasteiger partial charge in [-0.3, -0.25) is 0 Å². The smallest absolute Gasteiger partial charge is 0.142 e. The highest BCUT2D eigenvalue weighted by Gasteiger charge is 2.13. The van der Waals surface area contributed by atoms with E-state index in [4.69, 9.17) is 16.7 Å². The summed E-state index contributed by atoms with van der Waals surface area (Å²) >= 11 is 6.27. The van der Waals surface area contributed by atoms with Gasteiger partial charge in [-0.15, -0.1) is 0 Å². The molecular formula is C15H15ClN4O. The summed E-state index contributed by atoms with van der Waals surface area (Å²) in [4.78, 5) is 8.83. The zero-order chi connectivity index (χ0) is 14.8.